The molecule has 186 valence electrons. The molecule has 2 aromatic carbocycles. The minimum atomic E-state index is -0.886. The number of carbonyl (C=O) groups is 2. The quantitative estimate of drug-likeness (QED) is 0.254. The van der Waals surface area contributed by atoms with Crippen LogP contribution in [0.2, 0.25) is 0 Å². The molecule has 0 aliphatic carbocycles. The number of hydrogen-bond donors (Lipinski definition) is 1. The van der Waals surface area contributed by atoms with E-state index in [1.54, 1.807) is 17.2 Å². The van der Waals surface area contributed by atoms with E-state index in [-0.39, 0.29) is 31.1 Å². The average molecular weight is 597 g/mol. The molecule has 1 saturated heterocycles. The summed E-state index contributed by atoms with van der Waals surface area (Å²) in [6.07, 6.45) is 2.11. The predicted molar refractivity (Wildman–Crippen MR) is 147 cm³/mol. The Morgan fingerprint density at radius 1 is 1.22 bits per heavy atom. The Morgan fingerprint density at radius 3 is 2.72 bits per heavy atom. The molecule has 2 heterocycles. The van der Waals surface area contributed by atoms with Gasteiger partial charge in [-0.1, -0.05) is 52.9 Å². The number of ether oxygens (including phenoxy) is 1. The highest BCUT2D eigenvalue weighted by molar-refractivity contribution is 14.1. The molecular formula is C27H28IN5O3. The summed E-state index contributed by atoms with van der Waals surface area (Å²) in [6, 6.07) is 18.9. The van der Waals surface area contributed by atoms with Crippen LogP contribution in [0.1, 0.15) is 17.5 Å². The van der Waals surface area contributed by atoms with Crippen molar-refractivity contribution in [3.05, 3.63) is 71.9 Å². The topological polar surface area (TPSA) is 98.6 Å². The zero-order valence-corrected chi connectivity index (χ0v) is 22.4. The zero-order valence-electron chi connectivity index (χ0n) is 20.3. The Labute approximate surface area is 224 Å². The van der Waals surface area contributed by atoms with Crippen molar-refractivity contribution in [3.8, 4) is 6.07 Å². The maximum absolute atomic E-state index is 13.4. The van der Waals surface area contributed by atoms with Crippen molar-refractivity contribution in [1.29, 1.82) is 5.26 Å². The number of aromatic nitrogens is 1. The fourth-order valence-corrected chi connectivity index (χ4v) is 5.62. The lowest BCUT2D eigenvalue weighted by Crippen LogP contribution is -2.59. The SMILES string of the molecule is CN(C)CC(=O)NC1CN(c2ccc(C#N)c3ncccc23)CC(I)(C(=O)OCc2ccccc2)C1. The smallest absolute Gasteiger partial charge is 0.324 e. The highest BCUT2D eigenvalue weighted by Gasteiger charge is 2.46. The lowest BCUT2D eigenvalue weighted by atomic mass is 9.92. The second-order valence-electron chi connectivity index (χ2n) is 9.26. The van der Waals surface area contributed by atoms with Crippen LogP contribution in [0.4, 0.5) is 5.69 Å². The first-order valence-electron chi connectivity index (χ1n) is 11.7. The second-order valence-corrected chi connectivity index (χ2v) is 11.3. The number of esters is 1. The summed E-state index contributed by atoms with van der Waals surface area (Å²) in [5.41, 5.74) is 2.88. The van der Waals surface area contributed by atoms with E-state index in [0.717, 1.165) is 16.6 Å². The lowest BCUT2D eigenvalue weighted by molar-refractivity contribution is -0.148. The molecule has 1 amide bonds. The van der Waals surface area contributed by atoms with E-state index in [0.29, 0.717) is 30.6 Å². The molecule has 1 aliphatic rings. The molecule has 0 bridgehead atoms. The van der Waals surface area contributed by atoms with E-state index >= 15 is 0 Å². The highest BCUT2D eigenvalue weighted by Crippen LogP contribution is 2.37. The number of pyridine rings is 1. The van der Waals surface area contributed by atoms with E-state index in [1.807, 2.05) is 62.6 Å². The normalized spacial score (nSPS) is 19.6. The summed E-state index contributed by atoms with van der Waals surface area (Å²) in [6.45, 7) is 1.36. The molecule has 0 radical (unpaired) electrons. The van der Waals surface area contributed by atoms with Gasteiger partial charge in [0.05, 0.1) is 17.6 Å². The Hall–Kier alpha value is -3.23. The fraction of sp³-hybridized carbons (Fsp3) is 0.333. The summed E-state index contributed by atoms with van der Waals surface area (Å²) in [5, 5.41) is 13.5. The maximum Gasteiger partial charge on any atom is 0.324 e. The molecule has 0 spiro atoms. The molecular weight excluding hydrogens is 569 g/mol. The van der Waals surface area contributed by atoms with Gasteiger partial charge in [-0.05, 0) is 50.3 Å². The van der Waals surface area contributed by atoms with Crippen molar-refractivity contribution >= 4 is 51.1 Å². The first-order chi connectivity index (χ1) is 17.3. The van der Waals surface area contributed by atoms with Crippen molar-refractivity contribution in [2.24, 2.45) is 0 Å². The van der Waals surface area contributed by atoms with Crippen molar-refractivity contribution in [1.82, 2.24) is 15.2 Å². The van der Waals surface area contributed by atoms with Crippen LogP contribution in [0.3, 0.4) is 0 Å². The zero-order chi connectivity index (χ0) is 25.7. The van der Waals surface area contributed by atoms with Gasteiger partial charge in [-0.25, -0.2) is 0 Å². The lowest BCUT2D eigenvalue weighted by Gasteiger charge is -2.43. The van der Waals surface area contributed by atoms with Gasteiger partial charge in [0.2, 0.25) is 5.91 Å². The summed E-state index contributed by atoms with van der Waals surface area (Å²) in [7, 11) is 3.68. The third-order valence-electron chi connectivity index (χ3n) is 6.06. The van der Waals surface area contributed by atoms with E-state index in [1.165, 1.54) is 0 Å². The van der Waals surface area contributed by atoms with E-state index in [4.69, 9.17) is 4.74 Å². The number of piperidine rings is 1. The van der Waals surface area contributed by atoms with Gasteiger partial charge >= 0.3 is 5.97 Å². The van der Waals surface area contributed by atoms with Gasteiger partial charge in [-0.15, -0.1) is 0 Å². The van der Waals surface area contributed by atoms with Crippen LogP contribution in [0.5, 0.6) is 0 Å². The molecule has 2 unspecified atom stereocenters. The summed E-state index contributed by atoms with van der Waals surface area (Å²) >= 11 is 2.18. The molecule has 0 saturated carbocycles. The number of amides is 1. The second kappa shape index (κ2) is 11.2. The number of hydrogen-bond acceptors (Lipinski definition) is 7. The van der Waals surface area contributed by atoms with Crippen LogP contribution in [0.25, 0.3) is 10.9 Å². The molecule has 36 heavy (non-hydrogen) atoms. The van der Waals surface area contributed by atoms with E-state index in [9.17, 15) is 14.9 Å². The van der Waals surface area contributed by atoms with Gasteiger partial charge in [0.15, 0.2) is 0 Å². The molecule has 1 fully saturated rings. The average Bonchev–Trinajstić information content (AvgIpc) is 2.86. The van der Waals surface area contributed by atoms with Gasteiger partial charge in [-0.3, -0.25) is 14.6 Å². The molecule has 2 atom stereocenters. The summed E-state index contributed by atoms with van der Waals surface area (Å²) < 4.78 is 4.86. The monoisotopic (exact) mass is 597 g/mol. The molecule has 9 heteroatoms. The van der Waals surface area contributed by atoms with Crippen LogP contribution in [-0.2, 0) is 20.9 Å². The van der Waals surface area contributed by atoms with E-state index < -0.39 is 3.42 Å². The van der Waals surface area contributed by atoms with Gasteiger partial charge in [-0.2, -0.15) is 5.26 Å². The highest BCUT2D eigenvalue weighted by atomic mass is 127. The summed E-state index contributed by atoms with van der Waals surface area (Å²) in [4.78, 5) is 34.3. The Morgan fingerprint density at radius 2 is 2.00 bits per heavy atom. The Kier molecular flexibility index (Phi) is 8.06. The fourth-order valence-electron chi connectivity index (χ4n) is 4.52. The third kappa shape index (κ3) is 5.94. The van der Waals surface area contributed by atoms with Crippen LogP contribution in [0, 0.1) is 11.3 Å². The number of nitrogens with zero attached hydrogens (tertiary/aromatic N) is 4. The van der Waals surface area contributed by atoms with Crippen LogP contribution >= 0.6 is 22.6 Å². The first-order valence-corrected chi connectivity index (χ1v) is 12.7. The van der Waals surface area contributed by atoms with Crippen LogP contribution in [0.15, 0.2) is 60.8 Å². The molecule has 1 N–H and O–H groups in total. The molecule has 8 nitrogen and oxygen atoms in total. The number of anilines is 1. The number of alkyl halides is 1. The Bertz CT molecular complexity index is 1290. The number of halogens is 1. The Balaban J connectivity index is 1.64. The number of likely N-dealkylation sites (N-methyl/N-ethyl adjacent to an activating group) is 1. The molecule has 1 aromatic heterocycles. The van der Waals surface area contributed by atoms with Gasteiger partial charge in [0, 0.05) is 36.4 Å². The van der Waals surface area contributed by atoms with Gasteiger partial charge in [0.25, 0.3) is 0 Å². The summed E-state index contributed by atoms with van der Waals surface area (Å²) in [5.74, 6) is -0.422. The number of benzene rings is 2. The minimum Gasteiger partial charge on any atom is -0.460 e. The largest absolute Gasteiger partial charge is 0.460 e. The van der Waals surface area contributed by atoms with Crippen molar-refractivity contribution in [2.45, 2.75) is 22.5 Å². The minimum absolute atomic E-state index is 0.102. The molecule has 1 aliphatic heterocycles. The van der Waals surface area contributed by atoms with Crippen LogP contribution < -0.4 is 10.2 Å². The number of carbonyl (C=O) groups excluding carboxylic acids is 2. The predicted octanol–water partition coefficient (Wildman–Crippen LogP) is 3.28. The molecule has 4 rings (SSSR count). The standard InChI is InChI=1S/C27H28IN5O3/c1-32(2)16-24(34)31-21-13-27(28,26(35)36-17-19-7-4-3-5-8-19)18-33(15-21)23-11-10-20(14-29)25-22(23)9-6-12-30-25/h3-12,21H,13,15-18H2,1-2H3,(H,31,34). The van der Waals surface area contributed by atoms with Crippen molar-refractivity contribution in [3.63, 3.8) is 0 Å². The molecule has 3 aromatic rings. The maximum atomic E-state index is 13.4. The van der Waals surface area contributed by atoms with Crippen LogP contribution in [-0.4, -0.2) is 65.0 Å². The van der Waals surface area contributed by atoms with Gasteiger partial charge < -0.3 is 19.9 Å². The number of fused-ring (bicyclic) bond motifs is 1. The third-order valence-corrected chi connectivity index (χ3v) is 7.29. The van der Waals surface area contributed by atoms with Gasteiger partial charge in [0.1, 0.15) is 16.1 Å². The first kappa shape index (κ1) is 25.9. The number of rotatable bonds is 7. The van der Waals surface area contributed by atoms with E-state index in [2.05, 4.69) is 43.9 Å². The van der Waals surface area contributed by atoms with Crippen molar-refractivity contribution in [2.75, 3.05) is 38.6 Å². The van der Waals surface area contributed by atoms with Crippen molar-refractivity contribution < 1.29 is 14.3 Å². The number of nitrogens with one attached hydrogen (secondary N) is 1. The number of nitriles is 1.